The summed E-state index contributed by atoms with van der Waals surface area (Å²) < 4.78 is 5.58. The van der Waals surface area contributed by atoms with Gasteiger partial charge in [0.2, 0.25) is 0 Å². The van der Waals surface area contributed by atoms with Gasteiger partial charge < -0.3 is 4.74 Å². The van der Waals surface area contributed by atoms with Crippen LogP contribution in [0.1, 0.15) is 22.8 Å². The van der Waals surface area contributed by atoms with Crippen LogP contribution in [0.4, 0.5) is 0 Å². The van der Waals surface area contributed by atoms with E-state index < -0.39 is 0 Å². The Bertz CT molecular complexity index is 485. The molecule has 0 saturated heterocycles. The van der Waals surface area contributed by atoms with Gasteiger partial charge in [-0.05, 0) is 16.7 Å². The lowest BCUT2D eigenvalue weighted by atomic mass is 10.0. The van der Waals surface area contributed by atoms with Crippen molar-refractivity contribution in [2.75, 3.05) is 7.11 Å². The Balaban J connectivity index is 2.12. The van der Waals surface area contributed by atoms with Gasteiger partial charge in [0, 0.05) is 13.5 Å². The van der Waals surface area contributed by atoms with Crippen LogP contribution in [-0.4, -0.2) is 7.11 Å². The number of methoxy groups -OCH3 is 1. The van der Waals surface area contributed by atoms with Crippen molar-refractivity contribution in [2.45, 2.75) is 12.5 Å². The highest BCUT2D eigenvalue weighted by Gasteiger charge is 2.10. The van der Waals surface area contributed by atoms with Crippen LogP contribution in [0.15, 0.2) is 61.2 Å². The molecule has 0 saturated carbocycles. The third-order valence-electron chi connectivity index (χ3n) is 3.09. The van der Waals surface area contributed by atoms with Crippen molar-refractivity contribution in [2.24, 2.45) is 0 Å². The SMILES string of the molecule is C=Cc1ccc(CC(OC)c2ccccc2)cc1. The van der Waals surface area contributed by atoms with Crippen molar-refractivity contribution in [1.29, 1.82) is 0 Å². The molecule has 0 aliphatic rings. The molecular formula is C17H18O. The van der Waals surface area contributed by atoms with E-state index in [1.54, 1.807) is 7.11 Å². The molecule has 0 fully saturated rings. The Morgan fingerprint density at radius 3 is 2.28 bits per heavy atom. The smallest absolute Gasteiger partial charge is 0.0861 e. The number of rotatable bonds is 5. The van der Waals surface area contributed by atoms with Crippen molar-refractivity contribution in [1.82, 2.24) is 0 Å². The maximum Gasteiger partial charge on any atom is 0.0861 e. The maximum atomic E-state index is 5.58. The summed E-state index contributed by atoms with van der Waals surface area (Å²) in [4.78, 5) is 0. The van der Waals surface area contributed by atoms with Gasteiger partial charge in [-0.15, -0.1) is 0 Å². The van der Waals surface area contributed by atoms with Crippen molar-refractivity contribution in [3.8, 4) is 0 Å². The molecule has 0 heterocycles. The van der Waals surface area contributed by atoms with Crippen LogP contribution in [-0.2, 0) is 11.2 Å². The van der Waals surface area contributed by atoms with E-state index in [1.807, 2.05) is 24.3 Å². The molecule has 0 aliphatic carbocycles. The summed E-state index contributed by atoms with van der Waals surface area (Å²) in [5, 5.41) is 0. The molecule has 1 unspecified atom stereocenters. The maximum absolute atomic E-state index is 5.58. The number of hydrogen-bond acceptors (Lipinski definition) is 1. The van der Waals surface area contributed by atoms with Gasteiger partial charge >= 0.3 is 0 Å². The number of ether oxygens (including phenoxy) is 1. The molecule has 2 aromatic rings. The van der Waals surface area contributed by atoms with E-state index in [-0.39, 0.29) is 6.10 Å². The third kappa shape index (κ3) is 3.08. The van der Waals surface area contributed by atoms with Crippen LogP contribution in [0.25, 0.3) is 6.08 Å². The lowest BCUT2D eigenvalue weighted by Crippen LogP contribution is -2.05. The van der Waals surface area contributed by atoms with E-state index in [2.05, 4.69) is 43.0 Å². The summed E-state index contributed by atoms with van der Waals surface area (Å²) in [6.45, 7) is 3.76. The Hall–Kier alpha value is -1.86. The van der Waals surface area contributed by atoms with Crippen LogP contribution in [0, 0.1) is 0 Å². The summed E-state index contributed by atoms with van der Waals surface area (Å²) in [6, 6.07) is 18.7. The highest BCUT2D eigenvalue weighted by atomic mass is 16.5. The van der Waals surface area contributed by atoms with Gasteiger partial charge in [0.05, 0.1) is 6.10 Å². The van der Waals surface area contributed by atoms with E-state index in [1.165, 1.54) is 11.1 Å². The Labute approximate surface area is 109 Å². The number of hydrogen-bond donors (Lipinski definition) is 0. The van der Waals surface area contributed by atoms with Gasteiger partial charge in [0.15, 0.2) is 0 Å². The molecule has 1 heteroatoms. The first kappa shape index (κ1) is 12.6. The lowest BCUT2D eigenvalue weighted by molar-refractivity contribution is 0.104. The van der Waals surface area contributed by atoms with Crippen LogP contribution >= 0.6 is 0 Å². The number of benzene rings is 2. The molecule has 1 nitrogen and oxygen atoms in total. The average molecular weight is 238 g/mol. The standard InChI is InChI=1S/C17H18O/c1-3-14-9-11-15(12-10-14)13-17(18-2)16-7-5-4-6-8-16/h3-12,17H,1,13H2,2H3. The monoisotopic (exact) mass is 238 g/mol. The normalized spacial score (nSPS) is 12.1. The Kier molecular flexibility index (Phi) is 4.32. The molecule has 92 valence electrons. The fraction of sp³-hybridized carbons (Fsp3) is 0.176. The van der Waals surface area contributed by atoms with Crippen molar-refractivity contribution < 1.29 is 4.74 Å². The van der Waals surface area contributed by atoms with Gasteiger partial charge in [-0.2, -0.15) is 0 Å². The molecule has 0 radical (unpaired) electrons. The fourth-order valence-electron chi connectivity index (χ4n) is 2.01. The second kappa shape index (κ2) is 6.18. The summed E-state index contributed by atoms with van der Waals surface area (Å²) in [7, 11) is 1.76. The average Bonchev–Trinajstić information content (AvgIpc) is 2.46. The minimum atomic E-state index is 0.112. The molecule has 2 rings (SSSR count). The Morgan fingerprint density at radius 1 is 1.06 bits per heavy atom. The van der Waals surface area contributed by atoms with Gasteiger partial charge in [-0.3, -0.25) is 0 Å². The quantitative estimate of drug-likeness (QED) is 0.756. The lowest BCUT2D eigenvalue weighted by Gasteiger charge is -2.15. The predicted molar refractivity (Wildman–Crippen MR) is 76.4 cm³/mol. The highest BCUT2D eigenvalue weighted by molar-refractivity contribution is 5.47. The van der Waals surface area contributed by atoms with Crippen LogP contribution in [0.3, 0.4) is 0 Å². The van der Waals surface area contributed by atoms with Crippen LogP contribution in [0.5, 0.6) is 0 Å². The van der Waals surface area contributed by atoms with Crippen molar-refractivity contribution in [3.05, 3.63) is 77.9 Å². The predicted octanol–water partition coefficient (Wildman–Crippen LogP) is 4.26. The molecule has 2 aromatic carbocycles. The molecular weight excluding hydrogens is 220 g/mol. The molecule has 0 aromatic heterocycles. The molecule has 0 aliphatic heterocycles. The summed E-state index contributed by atoms with van der Waals surface area (Å²) in [5.74, 6) is 0. The summed E-state index contributed by atoms with van der Waals surface area (Å²) >= 11 is 0. The zero-order chi connectivity index (χ0) is 12.8. The van der Waals surface area contributed by atoms with Crippen LogP contribution < -0.4 is 0 Å². The first-order valence-corrected chi connectivity index (χ1v) is 6.12. The van der Waals surface area contributed by atoms with Gasteiger partial charge in [-0.1, -0.05) is 67.3 Å². The third-order valence-corrected chi connectivity index (χ3v) is 3.09. The van der Waals surface area contributed by atoms with E-state index in [4.69, 9.17) is 4.74 Å². The minimum absolute atomic E-state index is 0.112. The molecule has 0 N–H and O–H groups in total. The molecule has 1 atom stereocenters. The Morgan fingerprint density at radius 2 is 1.72 bits per heavy atom. The van der Waals surface area contributed by atoms with Crippen molar-refractivity contribution in [3.63, 3.8) is 0 Å². The molecule has 0 spiro atoms. The minimum Gasteiger partial charge on any atom is -0.376 e. The van der Waals surface area contributed by atoms with E-state index >= 15 is 0 Å². The zero-order valence-electron chi connectivity index (χ0n) is 10.7. The first-order chi connectivity index (χ1) is 8.83. The van der Waals surface area contributed by atoms with E-state index in [9.17, 15) is 0 Å². The van der Waals surface area contributed by atoms with E-state index in [0.29, 0.717) is 0 Å². The van der Waals surface area contributed by atoms with Gasteiger partial charge in [0.1, 0.15) is 0 Å². The summed E-state index contributed by atoms with van der Waals surface area (Å²) in [6.07, 6.45) is 2.85. The topological polar surface area (TPSA) is 9.23 Å². The first-order valence-electron chi connectivity index (χ1n) is 6.12. The highest BCUT2D eigenvalue weighted by Crippen LogP contribution is 2.21. The second-order valence-corrected chi connectivity index (χ2v) is 4.28. The second-order valence-electron chi connectivity index (χ2n) is 4.28. The van der Waals surface area contributed by atoms with Crippen molar-refractivity contribution >= 4 is 6.08 Å². The zero-order valence-corrected chi connectivity index (χ0v) is 10.7. The summed E-state index contributed by atoms with van der Waals surface area (Å²) in [5.41, 5.74) is 3.64. The van der Waals surface area contributed by atoms with Gasteiger partial charge in [0.25, 0.3) is 0 Å². The van der Waals surface area contributed by atoms with Crippen LogP contribution in [0.2, 0.25) is 0 Å². The van der Waals surface area contributed by atoms with E-state index in [0.717, 1.165) is 12.0 Å². The largest absolute Gasteiger partial charge is 0.376 e. The molecule has 0 amide bonds. The molecule has 0 bridgehead atoms. The van der Waals surface area contributed by atoms with Gasteiger partial charge in [-0.25, -0.2) is 0 Å². The fourth-order valence-corrected chi connectivity index (χ4v) is 2.01. The molecule has 18 heavy (non-hydrogen) atoms.